The van der Waals surface area contributed by atoms with Gasteiger partial charge in [-0.05, 0) is 92.2 Å². The van der Waals surface area contributed by atoms with E-state index in [1.165, 1.54) is 72.8 Å². The van der Waals surface area contributed by atoms with Gasteiger partial charge in [0.05, 0.1) is 17.2 Å². The maximum Gasteiger partial charge on any atom is 0.343 e. The SMILES string of the molecule is Cl.O=C(N[C@@H]1CNCCC[C@H]1OC(=O)c1ccc(O)cc1)c1ccc(OC(=O)c2ccc(F)cc2)cc1. The van der Waals surface area contributed by atoms with E-state index in [1.807, 2.05) is 0 Å². The number of benzene rings is 3. The molecule has 0 saturated carbocycles. The van der Waals surface area contributed by atoms with Crippen LogP contribution in [0.1, 0.15) is 43.9 Å². The van der Waals surface area contributed by atoms with Gasteiger partial charge < -0.3 is 25.2 Å². The fourth-order valence-electron chi connectivity index (χ4n) is 3.78. The molecule has 0 aromatic heterocycles. The van der Waals surface area contributed by atoms with Gasteiger partial charge in [0.1, 0.15) is 23.4 Å². The molecule has 0 aliphatic carbocycles. The number of esters is 2. The number of phenols is 1. The normalized spacial score (nSPS) is 17.0. The van der Waals surface area contributed by atoms with Crippen LogP contribution in [-0.4, -0.2) is 48.2 Å². The molecular formula is C27H26ClFN2O6. The van der Waals surface area contributed by atoms with E-state index in [0.717, 1.165) is 13.0 Å². The van der Waals surface area contributed by atoms with E-state index in [2.05, 4.69) is 10.6 Å². The molecule has 2 atom stereocenters. The minimum atomic E-state index is -0.644. The fraction of sp³-hybridized carbons (Fsp3) is 0.222. The van der Waals surface area contributed by atoms with E-state index in [0.29, 0.717) is 24.1 Å². The zero-order valence-electron chi connectivity index (χ0n) is 19.7. The van der Waals surface area contributed by atoms with Crippen LogP contribution in [0.2, 0.25) is 0 Å². The first-order valence-corrected chi connectivity index (χ1v) is 11.5. The molecule has 0 unspecified atom stereocenters. The summed E-state index contributed by atoms with van der Waals surface area (Å²) in [7, 11) is 0. The summed E-state index contributed by atoms with van der Waals surface area (Å²) in [6, 6.07) is 16.3. The van der Waals surface area contributed by atoms with Crippen molar-refractivity contribution in [2.45, 2.75) is 25.0 Å². The van der Waals surface area contributed by atoms with Crippen molar-refractivity contribution in [3.8, 4) is 11.5 Å². The number of carbonyl (C=O) groups excluding carboxylic acids is 3. The number of nitrogens with one attached hydrogen (secondary N) is 2. The Kier molecular flexibility index (Phi) is 9.59. The third-order valence-corrected chi connectivity index (χ3v) is 5.74. The smallest absolute Gasteiger partial charge is 0.343 e. The summed E-state index contributed by atoms with van der Waals surface area (Å²) in [5, 5.41) is 15.6. The van der Waals surface area contributed by atoms with Crippen LogP contribution in [0.15, 0.2) is 72.8 Å². The van der Waals surface area contributed by atoms with Gasteiger partial charge in [-0.1, -0.05) is 0 Å². The number of amides is 1. The predicted octanol–water partition coefficient (Wildman–Crippen LogP) is 3.88. The van der Waals surface area contributed by atoms with Crippen LogP contribution in [0.3, 0.4) is 0 Å². The molecule has 0 bridgehead atoms. The molecule has 1 saturated heterocycles. The Morgan fingerprint density at radius 1 is 0.865 bits per heavy atom. The first-order chi connectivity index (χ1) is 17.4. The number of hydrogen-bond donors (Lipinski definition) is 3. The first-order valence-electron chi connectivity index (χ1n) is 11.5. The van der Waals surface area contributed by atoms with Crippen molar-refractivity contribution in [2.75, 3.05) is 13.1 Å². The zero-order chi connectivity index (χ0) is 25.5. The second kappa shape index (κ2) is 12.8. The van der Waals surface area contributed by atoms with Gasteiger partial charge in [-0.25, -0.2) is 14.0 Å². The van der Waals surface area contributed by atoms with Gasteiger partial charge >= 0.3 is 11.9 Å². The van der Waals surface area contributed by atoms with Crippen LogP contribution in [0.25, 0.3) is 0 Å². The minimum Gasteiger partial charge on any atom is -0.508 e. The van der Waals surface area contributed by atoms with Gasteiger partial charge in [0.15, 0.2) is 0 Å². The number of rotatable bonds is 6. The highest BCUT2D eigenvalue weighted by Gasteiger charge is 2.29. The third kappa shape index (κ3) is 7.52. The summed E-state index contributed by atoms with van der Waals surface area (Å²) in [4.78, 5) is 37.7. The maximum atomic E-state index is 13.0. The molecule has 3 aromatic carbocycles. The molecule has 1 aliphatic rings. The Labute approximate surface area is 219 Å². The molecule has 1 aliphatic heterocycles. The zero-order valence-corrected chi connectivity index (χ0v) is 20.5. The molecule has 0 spiro atoms. The lowest BCUT2D eigenvalue weighted by atomic mass is 10.1. The van der Waals surface area contributed by atoms with Crippen LogP contribution < -0.4 is 15.4 Å². The van der Waals surface area contributed by atoms with Gasteiger partial charge in [0.25, 0.3) is 5.91 Å². The van der Waals surface area contributed by atoms with Crippen LogP contribution >= 0.6 is 12.4 Å². The Morgan fingerprint density at radius 3 is 2.14 bits per heavy atom. The number of aromatic hydroxyl groups is 1. The molecule has 194 valence electrons. The van der Waals surface area contributed by atoms with E-state index in [-0.39, 0.29) is 35.4 Å². The molecule has 8 nitrogen and oxygen atoms in total. The first kappa shape index (κ1) is 27.6. The second-order valence-corrected chi connectivity index (χ2v) is 8.34. The van der Waals surface area contributed by atoms with Crippen LogP contribution in [0.4, 0.5) is 4.39 Å². The number of ether oxygens (including phenoxy) is 2. The van der Waals surface area contributed by atoms with Crippen molar-refractivity contribution < 1.29 is 33.4 Å². The quantitative estimate of drug-likeness (QED) is 0.328. The Hall–Kier alpha value is -3.95. The van der Waals surface area contributed by atoms with Crippen LogP contribution in [0.5, 0.6) is 11.5 Å². The van der Waals surface area contributed by atoms with Crippen molar-refractivity contribution >= 4 is 30.3 Å². The molecule has 4 rings (SSSR count). The molecule has 1 heterocycles. The molecule has 0 radical (unpaired) electrons. The van der Waals surface area contributed by atoms with Gasteiger partial charge in [-0.2, -0.15) is 0 Å². The van der Waals surface area contributed by atoms with Gasteiger partial charge in [0.2, 0.25) is 0 Å². The van der Waals surface area contributed by atoms with E-state index in [9.17, 15) is 23.9 Å². The average Bonchev–Trinajstić information content (AvgIpc) is 3.10. The van der Waals surface area contributed by atoms with Gasteiger partial charge in [-0.15, -0.1) is 12.4 Å². The van der Waals surface area contributed by atoms with E-state index >= 15 is 0 Å². The monoisotopic (exact) mass is 528 g/mol. The number of halogens is 2. The fourth-order valence-corrected chi connectivity index (χ4v) is 3.78. The topological polar surface area (TPSA) is 114 Å². The van der Waals surface area contributed by atoms with E-state index in [1.54, 1.807) is 0 Å². The number of carbonyl (C=O) groups is 3. The van der Waals surface area contributed by atoms with E-state index < -0.39 is 29.9 Å². The summed E-state index contributed by atoms with van der Waals surface area (Å²) in [5.74, 6) is -1.72. The third-order valence-electron chi connectivity index (χ3n) is 5.74. The Bertz CT molecular complexity index is 1220. The van der Waals surface area contributed by atoms with Crippen molar-refractivity contribution in [3.63, 3.8) is 0 Å². The maximum absolute atomic E-state index is 13.0. The molecule has 37 heavy (non-hydrogen) atoms. The molecular weight excluding hydrogens is 503 g/mol. The standard InChI is InChI=1S/C27H25FN2O6.ClH/c28-20-9-3-18(4-10-20)26(33)35-22-13-7-17(8-14-22)25(32)30-23-16-29-15-1-2-24(23)36-27(34)19-5-11-21(31)12-6-19;/h3-14,23-24,29,31H,1-2,15-16H2,(H,30,32);1H/t23-,24-;/m1./s1. The molecule has 1 fully saturated rings. The summed E-state index contributed by atoms with van der Waals surface area (Å²) in [5.41, 5.74) is 0.845. The van der Waals surface area contributed by atoms with E-state index in [4.69, 9.17) is 9.47 Å². The largest absolute Gasteiger partial charge is 0.508 e. The summed E-state index contributed by atoms with van der Waals surface area (Å²) in [6.07, 6.45) is 0.801. The van der Waals surface area contributed by atoms with Crippen LogP contribution in [0, 0.1) is 5.82 Å². The highest BCUT2D eigenvalue weighted by molar-refractivity contribution is 5.95. The Morgan fingerprint density at radius 2 is 1.46 bits per heavy atom. The highest BCUT2D eigenvalue weighted by Crippen LogP contribution is 2.18. The van der Waals surface area contributed by atoms with Gasteiger partial charge in [0, 0.05) is 12.1 Å². The van der Waals surface area contributed by atoms with Crippen molar-refractivity contribution in [2.24, 2.45) is 0 Å². The van der Waals surface area contributed by atoms with Crippen molar-refractivity contribution in [1.29, 1.82) is 0 Å². The summed E-state index contributed by atoms with van der Waals surface area (Å²) >= 11 is 0. The predicted molar refractivity (Wildman–Crippen MR) is 136 cm³/mol. The molecule has 1 amide bonds. The average molecular weight is 529 g/mol. The van der Waals surface area contributed by atoms with Crippen molar-refractivity contribution in [3.05, 3.63) is 95.3 Å². The minimum absolute atomic E-state index is 0. The van der Waals surface area contributed by atoms with Crippen molar-refractivity contribution in [1.82, 2.24) is 10.6 Å². The molecule has 3 N–H and O–H groups in total. The van der Waals surface area contributed by atoms with Gasteiger partial charge in [-0.3, -0.25) is 4.79 Å². The lowest BCUT2D eigenvalue weighted by Crippen LogP contribution is -2.49. The summed E-state index contributed by atoms with van der Waals surface area (Å²) in [6.45, 7) is 1.15. The number of hydrogen-bond acceptors (Lipinski definition) is 7. The van der Waals surface area contributed by atoms with Crippen LogP contribution in [-0.2, 0) is 4.74 Å². The second-order valence-electron chi connectivity index (χ2n) is 8.34. The highest BCUT2D eigenvalue weighted by atomic mass is 35.5. The Balaban J connectivity index is 0.00000380. The molecule has 3 aromatic rings. The summed E-state index contributed by atoms with van der Waals surface area (Å²) < 4.78 is 24.0. The number of phenolic OH excluding ortho intramolecular Hbond substituents is 1. The molecule has 10 heteroatoms. The lowest BCUT2D eigenvalue weighted by molar-refractivity contribution is 0.0192. The lowest BCUT2D eigenvalue weighted by Gasteiger charge is -2.26.